The Kier molecular flexibility index (Phi) is 5.53. The molecule has 0 aliphatic rings. The monoisotopic (exact) mass is 325 g/mol. The van der Waals surface area contributed by atoms with Gasteiger partial charge in [-0.3, -0.25) is 0 Å². The number of allylic oxidation sites excluding steroid dienone is 2. The fourth-order valence-corrected chi connectivity index (χ4v) is 2.38. The van der Waals surface area contributed by atoms with Crippen LogP contribution in [0.25, 0.3) is 12.2 Å². The molecule has 0 fully saturated rings. The second-order valence-corrected chi connectivity index (χ2v) is 5.85. The van der Waals surface area contributed by atoms with Crippen LogP contribution in [0.2, 0.25) is 0 Å². The predicted molar refractivity (Wildman–Crippen MR) is 99.2 cm³/mol. The minimum Gasteiger partial charge on any atom is -0.508 e. The molecule has 0 aliphatic carbocycles. The molecule has 0 aromatic heterocycles. The summed E-state index contributed by atoms with van der Waals surface area (Å²) in [5, 5.41) is 19.5. The first kappa shape index (κ1) is 17.5. The van der Waals surface area contributed by atoms with Gasteiger partial charge in [0.25, 0.3) is 0 Å². The van der Waals surface area contributed by atoms with Crippen LogP contribution < -0.4 is 10.5 Å². The molecule has 0 radical (unpaired) electrons. The Morgan fingerprint density at radius 3 is 2.54 bits per heavy atom. The van der Waals surface area contributed by atoms with Crippen molar-refractivity contribution in [1.82, 2.24) is 0 Å². The predicted octanol–water partition coefficient (Wildman–Crippen LogP) is 4.37. The van der Waals surface area contributed by atoms with E-state index in [1.54, 1.807) is 30.3 Å². The van der Waals surface area contributed by atoms with E-state index in [0.717, 1.165) is 16.7 Å². The summed E-state index contributed by atoms with van der Waals surface area (Å²) in [5.74, 6) is 0.647. The highest BCUT2D eigenvalue weighted by molar-refractivity contribution is 5.76. The molecule has 0 saturated heterocycles. The van der Waals surface area contributed by atoms with Gasteiger partial charge in [-0.2, -0.15) is 0 Å². The van der Waals surface area contributed by atoms with E-state index in [0.29, 0.717) is 17.9 Å². The first-order valence-electron chi connectivity index (χ1n) is 7.70. The van der Waals surface area contributed by atoms with E-state index in [1.165, 1.54) is 12.7 Å². The number of ether oxygens (including phenoxy) is 1. The maximum atomic E-state index is 9.83. The molecule has 24 heavy (non-hydrogen) atoms. The van der Waals surface area contributed by atoms with Crippen molar-refractivity contribution >= 4 is 17.8 Å². The molecule has 0 saturated carbocycles. The number of phenolic OH excluding ortho intramolecular Hbond substituents is 2. The Bertz CT molecular complexity index is 788. The van der Waals surface area contributed by atoms with E-state index >= 15 is 0 Å². The fraction of sp³-hybridized carbons (Fsp3) is 0.200. The van der Waals surface area contributed by atoms with Crippen molar-refractivity contribution in [1.29, 1.82) is 0 Å². The summed E-state index contributed by atoms with van der Waals surface area (Å²) >= 11 is 0. The third-order valence-electron chi connectivity index (χ3n) is 3.68. The van der Waals surface area contributed by atoms with E-state index in [9.17, 15) is 10.2 Å². The molecule has 0 spiro atoms. The molecule has 2 aromatic carbocycles. The maximum Gasteiger partial charge on any atom is 0.161 e. The zero-order valence-electron chi connectivity index (χ0n) is 14.2. The third kappa shape index (κ3) is 4.32. The van der Waals surface area contributed by atoms with E-state index in [1.807, 2.05) is 26.0 Å². The van der Waals surface area contributed by atoms with Crippen molar-refractivity contribution in [2.24, 2.45) is 0 Å². The SMILES string of the molecule is COc1cc(/C=C/c2cc(O)cc(N)c2CC=C(C)C)ccc1O. The number of phenols is 2. The summed E-state index contributed by atoms with van der Waals surface area (Å²) in [6.07, 6.45) is 6.59. The summed E-state index contributed by atoms with van der Waals surface area (Å²) in [6, 6.07) is 8.37. The van der Waals surface area contributed by atoms with Crippen LogP contribution in [-0.4, -0.2) is 17.3 Å². The molecule has 0 bridgehead atoms. The van der Waals surface area contributed by atoms with Gasteiger partial charge in [0.1, 0.15) is 5.75 Å². The van der Waals surface area contributed by atoms with Gasteiger partial charge in [0.05, 0.1) is 7.11 Å². The minimum atomic E-state index is 0.0977. The van der Waals surface area contributed by atoms with Gasteiger partial charge in [-0.15, -0.1) is 0 Å². The van der Waals surface area contributed by atoms with Crippen molar-refractivity contribution in [3.8, 4) is 17.2 Å². The Morgan fingerprint density at radius 2 is 1.88 bits per heavy atom. The maximum absolute atomic E-state index is 9.83. The lowest BCUT2D eigenvalue weighted by atomic mass is 9.99. The van der Waals surface area contributed by atoms with Gasteiger partial charge in [0, 0.05) is 11.8 Å². The van der Waals surface area contributed by atoms with E-state index in [4.69, 9.17) is 10.5 Å². The van der Waals surface area contributed by atoms with Crippen LogP contribution in [0.3, 0.4) is 0 Å². The first-order chi connectivity index (χ1) is 11.4. The number of anilines is 1. The van der Waals surface area contributed by atoms with Gasteiger partial charge in [-0.05, 0) is 55.2 Å². The summed E-state index contributed by atoms with van der Waals surface area (Å²) in [6.45, 7) is 4.07. The van der Waals surface area contributed by atoms with E-state index in [-0.39, 0.29) is 11.5 Å². The molecule has 0 aliphatic heterocycles. The Hall–Kier alpha value is -2.88. The van der Waals surface area contributed by atoms with Crippen LogP contribution >= 0.6 is 0 Å². The highest BCUT2D eigenvalue weighted by atomic mass is 16.5. The normalized spacial score (nSPS) is 10.8. The highest BCUT2D eigenvalue weighted by Crippen LogP contribution is 2.29. The first-order valence-corrected chi connectivity index (χ1v) is 7.70. The summed E-state index contributed by atoms with van der Waals surface area (Å²) in [7, 11) is 1.51. The van der Waals surface area contributed by atoms with Crippen molar-refractivity contribution in [2.75, 3.05) is 12.8 Å². The average molecular weight is 325 g/mol. The Balaban J connectivity index is 2.39. The summed E-state index contributed by atoms with van der Waals surface area (Å²) in [5.41, 5.74) is 10.5. The van der Waals surface area contributed by atoms with Crippen LogP contribution in [0.5, 0.6) is 17.2 Å². The molecule has 2 rings (SSSR count). The fourth-order valence-electron chi connectivity index (χ4n) is 2.38. The topological polar surface area (TPSA) is 75.7 Å². The zero-order valence-corrected chi connectivity index (χ0v) is 14.2. The number of hydrogen-bond donors (Lipinski definition) is 3. The smallest absolute Gasteiger partial charge is 0.161 e. The van der Waals surface area contributed by atoms with Crippen LogP contribution in [0, 0.1) is 0 Å². The molecule has 0 heterocycles. The van der Waals surface area contributed by atoms with Crippen molar-refractivity contribution < 1.29 is 14.9 Å². The average Bonchev–Trinajstić information content (AvgIpc) is 2.52. The van der Waals surface area contributed by atoms with Crippen LogP contribution in [0.1, 0.15) is 30.5 Å². The second-order valence-electron chi connectivity index (χ2n) is 5.85. The molecular formula is C20H23NO3. The number of rotatable bonds is 5. The molecule has 126 valence electrons. The number of hydrogen-bond acceptors (Lipinski definition) is 4. The summed E-state index contributed by atoms with van der Waals surface area (Å²) < 4.78 is 5.11. The molecule has 4 N–H and O–H groups in total. The molecule has 4 nitrogen and oxygen atoms in total. The quantitative estimate of drug-likeness (QED) is 0.433. The van der Waals surface area contributed by atoms with Gasteiger partial charge in [-0.1, -0.05) is 29.9 Å². The van der Waals surface area contributed by atoms with Gasteiger partial charge >= 0.3 is 0 Å². The number of nitrogen functional groups attached to an aromatic ring is 1. The van der Waals surface area contributed by atoms with E-state index < -0.39 is 0 Å². The second kappa shape index (κ2) is 7.59. The van der Waals surface area contributed by atoms with Crippen molar-refractivity contribution in [2.45, 2.75) is 20.3 Å². The van der Waals surface area contributed by atoms with Gasteiger partial charge in [-0.25, -0.2) is 0 Å². The van der Waals surface area contributed by atoms with Crippen molar-refractivity contribution in [3.05, 3.63) is 58.7 Å². The lowest BCUT2D eigenvalue weighted by molar-refractivity contribution is 0.373. The zero-order chi connectivity index (χ0) is 17.7. The number of methoxy groups -OCH3 is 1. The molecule has 0 atom stereocenters. The van der Waals surface area contributed by atoms with Crippen LogP contribution in [0.4, 0.5) is 5.69 Å². The van der Waals surface area contributed by atoms with E-state index in [2.05, 4.69) is 6.08 Å². The van der Waals surface area contributed by atoms with Crippen molar-refractivity contribution in [3.63, 3.8) is 0 Å². The Labute approximate surface area is 142 Å². The van der Waals surface area contributed by atoms with Crippen LogP contribution in [-0.2, 0) is 6.42 Å². The molecule has 0 amide bonds. The molecule has 0 unspecified atom stereocenters. The number of aromatic hydroxyl groups is 2. The van der Waals surface area contributed by atoms with Gasteiger partial charge in [0.2, 0.25) is 0 Å². The Morgan fingerprint density at radius 1 is 1.12 bits per heavy atom. The third-order valence-corrected chi connectivity index (χ3v) is 3.68. The summed E-state index contributed by atoms with van der Waals surface area (Å²) in [4.78, 5) is 0. The highest BCUT2D eigenvalue weighted by Gasteiger charge is 2.06. The number of benzene rings is 2. The minimum absolute atomic E-state index is 0.0977. The van der Waals surface area contributed by atoms with Gasteiger partial charge < -0.3 is 20.7 Å². The molecule has 2 aromatic rings. The molecule has 4 heteroatoms. The van der Waals surface area contributed by atoms with Gasteiger partial charge in [0.15, 0.2) is 11.5 Å². The number of nitrogens with two attached hydrogens (primary N) is 1. The lowest BCUT2D eigenvalue weighted by Gasteiger charge is -2.10. The largest absolute Gasteiger partial charge is 0.508 e. The standard InChI is InChI=1S/C20H23NO3/c1-13(2)4-8-17-15(11-16(22)12-18(17)21)7-5-14-6-9-19(23)20(10-14)24-3/h4-7,9-12,22-23H,8,21H2,1-3H3/b7-5+. The molecular weight excluding hydrogens is 302 g/mol. The lowest BCUT2D eigenvalue weighted by Crippen LogP contribution is -1.96. The van der Waals surface area contributed by atoms with Crippen LogP contribution in [0.15, 0.2) is 42.0 Å².